The number of aliphatic carboxylic acids is 1. The Morgan fingerprint density at radius 2 is 1.76 bits per heavy atom. The van der Waals surface area contributed by atoms with Crippen molar-refractivity contribution in [2.24, 2.45) is 5.92 Å². The topological polar surface area (TPSA) is 66.8 Å². The maximum absolute atomic E-state index is 12.5. The summed E-state index contributed by atoms with van der Waals surface area (Å²) >= 11 is 0. The van der Waals surface area contributed by atoms with E-state index in [9.17, 15) is 9.59 Å². The average Bonchev–Trinajstić information content (AvgIpc) is 2.54. The summed E-state index contributed by atoms with van der Waals surface area (Å²) in [6.07, 6.45) is 1.13. The molecular formula is C20H29NO4. The first-order chi connectivity index (χ1) is 11.7. The molecule has 0 aliphatic carbocycles. The molecule has 1 aliphatic heterocycles. The van der Waals surface area contributed by atoms with Crippen LogP contribution in [0.4, 0.5) is 0 Å². The lowest BCUT2D eigenvalue weighted by Gasteiger charge is -2.33. The van der Waals surface area contributed by atoms with Crippen molar-refractivity contribution < 1.29 is 19.4 Å². The Bertz CT molecular complexity index is 595. The molecule has 5 nitrogen and oxygen atoms in total. The average molecular weight is 347 g/mol. The molecule has 0 aromatic heterocycles. The molecule has 1 amide bonds. The lowest BCUT2D eigenvalue weighted by molar-refractivity contribution is -0.140. The smallest absolute Gasteiger partial charge is 0.303 e. The molecule has 1 aromatic carbocycles. The molecule has 5 heteroatoms. The van der Waals surface area contributed by atoms with E-state index in [1.807, 2.05) is 24.3 Å². The summed E-state index contributed by atoms with van der Waals surface area (Å²) in [5.41, 5.74) is 1.31. The molecule has 0 bridgehead atoms. The number of hydrogen-bond acceptors (Lipinski definition) is 3. The van der Waals surface area contributed by atoms with Gasteiger partial charge in [-0.1, -0.05) is 32.9 Å². The number of carbonyl (C=O) groups excluding carboxylic acids is 1. The van der Waals surface area contributed by atoms with Crippen LogP contribution in [0.3, 0.4) is 0 Å². The van der Waals surface area contributed by atoms with E-state index in [4.69, 9.17) is 9.84 Å². The van der Waals surface area contributed by atoms with Gasteiger partial charge in [0.05, 0.1) is 0 Å². The Labute approximate surface area is 150 Å². The number of rotatable bonds is 5. The van der Waals surface area contributed by atoms with Crippen LogP contribution in [0, 0.1) is 5.92 Å². The standard InChI is InChI=1S/C20H29NO4/c1-14(25-17-7-5-16(6-8-17)20(2,3)4)19(24)21-11-9-15(10-12-21)13-18(22)23/h5-8,14-15H,9-13H2,1-4H3,(H,22,23). The second kappa shape index (κ2) is 7.89. The van der Waals surface area contributed by atoms with E-state index in [2.05, 4.69) is 20.8 Å². The predicted molar refractivity (Wildman–Crippen MR) is 96.8 cm³/mol. The number of carboxylic acid groups (broad SMARTS) is 1. The first-order valence-electron chi connectivity index (χ1n) is 8.94. The van der Waals surface area contributed by atoms with Gasteiger partial charge in [0.25, 0.3) is 5.91 Å². The van der Waals surface area contributed by atoms with Gasteiger partial charge >= 0.3 is 5.97 Å². The molecule has 1 saturated heterocycles. The summed E-state index contributed by atoms with van der Waals surface area (Å²) in [5.74, 6) is 0.0613. The fourth-order valence-electron chi connectivity index (χ4n) is 3.15. The van der Waals surface area contributed by atoms with Crippen LogP contribution in [-0.4, -0.2) is 41.1 Å². The predicted octanol–water partition coefficient (Wildman–Crippen LogP) is 3.46. The van der Waals surface area contributed by atoms with E-state index in [0.29, 0.717) is 18.8 Å². The summed E-state index contributed by atoms with van der Waals surface area (Å²) in [6.45, 7) is 9.44. The number of piperidine rings is 1. The van der Waals surface area contributed by atoms with E-state index in [0.717, 1.165) is 12.8 Å². The molecule has 1 fully saturated rings. The number of ether oxygens (including phenoxy) is 1. The third-order valence-electron chi connectivity index (χ3n) is 4.77. The number of benzene rings is 1. The summed E-state index contributed by atoms with van der Waals surface area (Å²) in [6, 6.07) is 7.88. The van der Waals surface area contributed by atoms with Crippen molar-refractivity contribution in [2.45, 2.75) is 58.5 Å². The molecule has 1 aromatic rings. The lowest BCUT2D eigenvalue weighted by atomic mass is 9.87. The molecule has 25 heavy (non-hydrogen) atoms. The molecule has 1 aliphatic rings. The van der Waals surface area contributed by atoms with E-state index < -0.39 is 12.1 Å². The first kappa shape index (κ1) is 19.3. The quantitative estimate of drug-likeness (QED) is 0.886. The second-order valence-electron chi connectivity index (χ2n) is 7.90. The van der Waals surface area contributed by atoms with E-state index in [-0.39, 0.29) is 23.7 Å². The minimum atomic E-state index is -0.764. The fraction of sp³-hybridized carbons (Fsp3) is 0.600. The van der Waals surface area contributed by atoms with Crippen LogP contribution in [0.2, 0.25) is 0 Å². The molecule has 0 saturated carbocycles. The zero-order valence-corrected chi connectivity index (χ0v) is 15.6. The fourth-order valence-corrected chi connectivity index (χ4v) is 3.15. The molecule has 0 spiro atoms. The van der Waals surface area contributed by atoms with Gasteiger partial charge in [0, 0.05) is 19.5 Å². The summed E-state index contributed by atoms with van der Waals surface area (Å²) in [4.78, 5) is 25.1. The van der Waals surface area contributed by atoms with Crippen LogP contribution in [0.25, 0.3) is 0 Å². The van der Waals surface area contributed by atoms with Crippen LogP contribution in [0.15, 0.2) is 24.3 Å². The summed E-state index contributed by atoms with van der Waals surface area (Å²) in [7, 11) is 0. The van der Waals surface area contributed by atoms with Crippen molar-refractivity contribution in [3.8, 4) is 5.75 Å². The Morgan fingerprint density at radius 3 is 2.24 bits per heavy atom. The Morgan fingerprint density at radius 1 is 1.20 bits per heavy atom. The van der Waals surface area contributed by atoms with Crippen molar-refractivity contribution in [1.29, 1.82) is 0 Å². The SMILES string of the molecule is CC(Oc1ccc(C(C)(C)C)cc1)C(=O)N1CCC(CC(=O)O)CC1. The van der Waals surface area contributed by atoms with Crippen molar-refractivity contribution in [3.63, 3.8) is 0 Å². The lowest BCUT2D eigenvalue weighted by Crippen LogP contribution is -2.45. The first-order valence-corrected chi connectivity index (χ1v) is 8.94. The van der Waals surface area contributed by atoms with Crippen molar-refractivity contribution in [1.82, 2.24) is 4.90 Å². The van der Waals surface area contributed by atoms with Gasteiger partial charge in [-0.05, 0) is 48.8 Å². The molecule has 2 rings (SSSR count). The maximum atomic E-state index is 12.5. The second-order valence-corrected chi connectivity index (χ2v) is 7.90. The highest BCUT2D eigenvalue weighted by atomic mass is 16.5. The monoisotopic (exact) mass is 347 g/mol. The minimum Gasteiger partial charge on any atom is -0.481 e. The highest BCUT2D eigenvalue weighted by molar-refractivity contribution is 5.81. The van der Waals surface area contributed by atoms with Gasteiger partial charge in [0.15, 0.2) is 6.10 Å². The maximum Gasteiger partial charge on any atom is 0.303 e. The van der Waals surface area contributed by atoms with Gasteiger partial charge < -0.3 is 14.7 Å². The van der Waals surface area contributed by atoms with Crippen LogP contribution in [-0.2, 0) is 15.0 Å². The summed E-state index contributed by atoms with van der Waals surface area (Å²) in [5, 5.41) is 8.86. The van der Waals surface area contributed by atoms with Gasteiger partial charge in [0.2, 0.25) is 0 Å². The zero-order chi connectivity index (χ0) is 18.6. The third-order valence-corrected chi connectivity index (χ3v) is 4.77. The third kappa shape index (κ3) is 5.48. The van der Waals surface area contributed by atoms with Crippen molar-refractivity contribution in [2.75, 3.05) is 13.1 Å². The zero-order valence-electron chi connectivity index (χ0n) is 15.6. The number of amides is 1. The van der Waals surface area contributed by atoms with Gasteiger partial charge in [-0.25, -0.2) is 0 Å². The molecule has 138 valence electrons. The Balaban J connectivity index is 1.87. The van der Waals surface area contributed by atoms with Crippen LogP contribution >= 0.6 is 0 Å². The minimum absolute atomic E-state index is 0.0336. The number of likely N-dealkylation sites (tertiary alicyclic amines) is 1. The molecular weight excluding hydrogens is 318 g/mol. The molecule has 1 N–H and O–H groups in total. The van der Waals surface area contributed by atoms with Crippen molar-refractivity contribution >= 4 is 11.9 Å². The van der Waals surface area contributed by atoms with E-state index in [1.54, 1.807) is 11.8 Å². The normalized spacial score (nSPS) is 17.2. The summed E-state index contributed by atoms with van der Waals surface area (Å²) < 4.78 is 5.80. The number of carbonyl (C=O) groups is 2. The molecule has 0 radical (unpaired) electrons. The number of hydrogen-bond donors (Lipinski definition) is 1. The molecule has 1 atom stereocenters. The number of nitrogens with zero attached hydrogens (tertiary/aromatic N) is 1. The Kier molecular flexibility index (Phi) is 6.09. The molecule has 1 unspecified atom stereocenters. The van der Waals surface area contributed by atoms with Gasteiger partial charge in [-0.3, -0.25) is 9.59 Å². The Hall–Kier alpha value is -2.04. The van der Waals surface area contributed by atoms with E-state index >= 15 is 0 Å². The van der Waals surface area contributed by atoms with Crippen LogP contribution in [0.5, 0.6) is 5.75 Å². The highest BCUT2D eigenvalue weighted by Crippen LogP contribution is 2.25. The van der Waals surface area contributed by atoms with E-state index in [1.165, 1.54) is 5.56 Å². The van der Waals surface area contributed by atoms with Gasteiger partial charge in [-0.2, -0.15) is 0 Å². The largest absolute Gasteiger partial charge is 0.481 e. The highest BCUT2D eigenvalue weighted by Gasteiger charge is 2.28. The van der Waals surface area contributed by atoms with Crippen molar-refractivity contribution in [3.05, 3.63) is 29.8 Å². The molecule has 1 heterocycles. The van der Waals surface area contributed by atoms with Crippen LogP contribution < -0.4 is 4.74 Å². The van der Waals surface area contributed by atoms with Gasteiger partial charge in [-0.15, -0.1) is 0 Å². The number of carboxylic acids is 1. The van der Waals surface area contributed by atoms with Gasteiger partial charge in [0.1, 0.15) is 5.75 Å². The van der Waals surface area contributed by atoms with Crippen LogP contribution in [0.1, 0.15) is 52.5 Å².